The van der Waals surface area contributed by atoms with Crippen LogP contribution < -0.4 is 9.62 Å². The third-order valence-electron chi connectivity index (χ3n) is 5.94. The topological polar surface area (TPSA) is 120 Å². The minimum atomic E-state index is -4.15. The second kappa shape index (κ2) is 11.4. The predicted octanol–water partition coefficient (Wildman–Crippen LogP) is 3.15. The van der Waals surface area contributed by atoms with E-state index in [-0.39, 0.29) is 34.9 Å². The van der Waals surface area contributed by atoms with Gasteiger partial charge in [-0.3, -0.25) is 9.59 Å². The molecule has 1 aliphatic heterocycles. The molecule has 0 radical (unpaired) electrons. The summed E-state index contributed by atoms with van der Waals surface area (Å²) in [4.78, 5) is 30.4. The van der Waals surface area contributed by atoms with Gasteiger partial charge in [-0.15, -0.1) is 0 Å². The molecule has 34 heavy (non-hydrogen) atoms. The van der Waals surface area contributed by atoms with Crippen LogP contribution in [0.5, 0.6) is 0 Å². The van der Waals surface area contributed by atoms with E-state index >= 15 is 0 Å². The number of carbonyl (C=O) groups excluding carboxylic acids is 2. The second-order valence-electron chi connectivity index (χ2n) is 8.46. The van der Waals surface area contributed by atoms with Gasteiger partial charge in [0.2, 0.25) is 15.9 Å². The summed E-state index contributed by atoms with van der Waals surface area (Å²) in [5, 5.41) is 13.0. The molecule has 0 aliphatic carbocycles. The highest BCUT2D eigenvalue weighted by molar-refractivity contribution is 7.93. The molecule has 1 aromatic heterocycles. The van der Waals surface area contributed by atoms with Crippen LogP contribution in [0.2, 0.25) is 0 Å². The molecule has 0 saturated carbocycles. The summed E-state index contributed by atoms with van der Waals surface area (Å²) in [5.41, 5.74) is 1.30. The Balaban J connectivity index is 2.06. The maximum absolute atomic E-state index is 13.6. The Labute approximate surface area is 201 Å². The fourth-order valence-corrected chi connectivity index (χ4v) is 5.57. The highest BCUT2D eigenvalue weighted by atomic mass is 32.2. The number of benzene rings is 1. The van der Waals surface area contributed by atoms with Crippen molar-refractivity contribution >= 4 is 27.5 Å². The standard InChI is InChI=1S/C25H30N4O4S/c1-3-7-23(30)22-16-21(17-26)24(28-18(22)2)29(25(31)20-10-13-27-14-11-20)34(32,33)15-12-19-8-5-4-6-9-19/h4-6,8-9,16,20,27H,3,7,10-15H2,1-2H3. The van der Waals surface area contributed by atoms with Crippen LogP contribution in [0.25, 0.3) is 0 Å². The number of Topliss-reactive ketones (excluding diaryl/α,β-unsaturated/α-hetero) is 1. The average Bonchev–Trinajstić information content (AvgIpc) is 2.84. The molecule has 1 amide bonds. The van der Waals surface area contributed by atoms with Crippen molar-refractivity contribution in [3.05, 3.63) is 58.8 Å². The first kappa shape index (κ1) is 25.5. The van der Waals surface area contributed by atoms with E-state index < -0.39 is 21.8 Å². The van der Waals surface area contributed by atoms with Gasteiger partial charge < -0.3 is 5.32 Å². The van der Waals surface area contributed by atoms with E-state index in [0.717, 1.165) is 9.87 Å². The highest BCUT2D eigenvalue weighted by Gasteiger charge is 2.37. The molecule has 180 valence electrons. The normalized spacial score (nSPS) is 14.4. The molecule has 0 bridgehead atoms. The number of nitrogens with zero attached hydrogens (tertiary/aromatic N) is 3. The molecule has 0 atom stereocenters. The monoisotopic (exact) mass is 482 g/mol. The summed E-state index contributed by atoms with van der Waals surface area (Å²) in [6, 6.07) is 12.5. The predicted molar refractivity (Wildman–Crippen MR) is 130 cm³/mol. The minimum absolute atomic E-state index is 0.101. The lowest BCUT2D eigenvalue weighted by atomic mass is 9.97. The summed E-state index contributed by atoms with van der Waals surface area (Å²) in [6.07, 6.45) is 2.14. The molecule has 1 aliphatic rings. The molecule has 2 aromatic rings. The van der Waals surface area contributed by atoms with Crippen LogP contribution in [-0.4, -0.2) is 43.9 Å². The van der Waals surface area contributed by atoms with Gasteiger partial charge in [-0.1, -0.05) is 37.3 Å². The number of rotatable bonds is 9. The first-order valence-corrected chi connectivity index (χ1v) is 13.2. The number of anilines is 1. The lowest BCUT2D eigenvalue weighted by molar-refractivity contribution is -0.121. The number of ketones is 1. The number of hydrogen-bond acceptors (Lipinski definition) is 7. The van der Waals surface area contributed by atoms with Crippen molar-refractivity contribution < 1.29 is 18.0 Å². The van der Waals surface area contributed by atoms with Gasteiger partial charge in [-0.05, 0) is 57.3 Å². The molecule has 1 saturated heterocycles. The third kappa shape index (κ3) is 5.88. The van der Waals surface area contributed by atoms with E-state index in [0.29, 0.717) is 44.5 Å². The molecule has 0 spiro atoms. The number of pyridine rings is 1. The fraction of sp³-hybridized carbons (Fsp3) is 0.440. The molecule has 0 unspecified atom stereocenters. The van der Waals surface area contributed by atoms with Crippen molar-refractivity contribution in [2.24, 2.45) is 5.92 Å². The molecular formula is C25H30N4O4S. The molecule has 1 fully saturated rings. The summed E-state index contributed by atoms with van der Waals surface area (Å²) < 4.78 is 27.9. The summed E-state index contributed by atoms with van der Waals surface area (Å²) in [6.45, 7) is 4.68. The maximum Gasteiger partial charge on any atom is 0.245 e. The van der Waals surface area contributed by atoms with E-state index in [2.05, 4.69) is 10.3 Å². The van der Waals surface area contributed by atoms with Crippen LogP contribution in [0.3, 0.4) is 0 Å². The van der Waals surface area contributed by atoms with Crippen LogP contribution in [0.1, 0.15) is 59.8 Å². The Morgan fingerprint density at radius 3 is 2.50 bits per heavy atom. The lowest BCUT2D eigenvalue weighted by Gasteiger charge is -2.29. The van der Waals surface area contributed by atoms with Gasteiger partial charge in [0.15, 0.2) is 11.6 Å². The summed E-state index contributed by atoms with van der Waals surface area (Å²) in [5.74, 6) is -1.77. The highest BCUT2D eigenvalue weighted by Crippen LogP contribution is 2.28. The zero-order valence-corrected chi connectivity index (χ0v) is 20.4. The quantitative estimate of drug-likeness (QED) is 0.545. The number of nitriles is 1. The Morgan fingerprint density at radius 1 is 1.21 bits per heavy atom. The second-order valence-corrected chi connectivity index (χ2v) is 10.4. The van der Waals surface area contributed by atoms with Crippen LogP contribution in [0.15, 0.2) is 36.4 Å². The van der Waals surface area contributed by atoms with Crippen molar-refractivity contribution in [2.45, 2.75) is 46.0 Å². The van der Waals surface area contributed by atoms with Gasteiger partial charge >= 0.3 is 0 Å². The number of aryl methyl sites for hydroxylation is 2. The molecule has 2 heterocycles. The van der Waals surface area contributed by atoms with Crippen LogP contribution in [0.4, 0.5) is 5.82 Å². The average molecular weight is 483 g/mol. The van der Waals surface area contributed by atoms with Gasteiger partial charge in [0, 0.05) is 17.9 Å². The summed E-state index contributed by atoms with van der Waals surface area (Å²) in [7, 11) is -4.15. The lowest BCUT2D eigenvalue weighted by Crippen LogP contribution is -2.46. The van der Waals surface area contributed by atoms with Gasteiger partial charge in [-0.2, -0.15) is 9.57 Å². The van der Waals surface area contributed by atoms with E-state index in [1.54, 1.807) is 6.92 Å². The van der Waals surface area contributed by atoms with Gasteiger partial charge in [0.1, 0.15) is 6.07 Å². The fourth-order valence-electron chi connectivity index (χ4n) is 4.06. The number of sulfonamides is 1. The SMILES string of the molecule is CCCC(=O)c1cc(C#N)c(N(C(=O)C2CCNCC2)S(=O)(=O)CCc2ccccc2)nc1C. The third-order valence-corrected chi connectivity index (χ3v) is 7.57. The van der Waals surface area contributed by atoms with Crippen molar-refractivity contribution in [1.29, 1.82) is 5.26 Å². The molecule has 9 heteroatoms. The summed E-state index contributed by atoms with van der Waals surface area (Å²) >= 11 is 0. The van der Waals surface area contributed by atoms with Crippen LogP contribution in [-0.2, 0) is 21.2 Å². The number of carbonyl (C=O) groups is 2. The van der Waals surface area contributed by atoms with Gasteiger partial charge in [-0.25, -0.2) is 13.4 Å². The van der Waals surface area contributed by atoms with E-state index in [9.17, 15) is 23.3 Å². The number of hydrogen-bond donors (Lipinski definition) is 1. The van der Waals surface area contributed by atoms with Crippen molar-refractivity contribution in [1.82, 2.24) is 10.3 Å². The Hall–Kier alpha value is -3.09. The van der Waals surface area contributed by atoms with E-state index in [4.69, 9.17) is 0 Å². The van der Waals surface area contributed by atoms with Crippen molar-refractivity contribution in [3.63, 3.8) is 0 Å². The van der Waals surface area contributed by atoms with Gasteiger partial charge in [0.25, 0.3) is 0 Å². The van der Waals surface area contributed by atoms with Crippen molar-refractivity contribution in [2.75, 3.05) is 23.1 Å². The number of aromatic nitrogens is 1. The van der Waals surface area contributed by atoms with Crippen LogP contribution >= 0.6 is 0 Å². The zero-order chi connectivity index (χ0) is 24.7. The number of piperidine rings is 1. The molecule has 1 aromatic carbocycles. The molecule has 8 nitrogen and oxygen atoms in total. The molecular weight excluding hydrogens is 452 g/mol. The largest absolute Gasteiger partial charge is 0.317 e. The van der Waals surface area contributed by atoms with Crippen molar-refractivity contribution in [3.8, 4) is 6.07 Å². The minimum Gasteiger partial charge on any atom is -0.317 e. The number of amides is 1. The maximum atomic E-state index is 13.6. The van der Waals surface area contributed by atoms with Gasteiger partial charge in [0.05, 0.1) is 17.0 Å². The van der Waals surface area contributed by atoms with E-state index in [1.807, 2.05) is 43.3 Å². The Bertz CT molecular complexity index is 1180. The first-order chi connectivity index (χ1) is 16.3. The smallest absolute Gasteiger partial charge is 0.245 e. The molecule has 1 N–H and O–H groups in total. The number of nitrogens with one attached hydrogen (secondary N) is 1. The Morgan fingerprint density at radius 2 is 1.88 bits per heavy atom. The van der Waals surface area contributed by atoms with Crippen LogP contribution in [0, 0.1) is 24.2 Å². The van der Waals surface area contributed by atoms with E-state index in [1.165, 1.54) is 6.07 Å². The first-order valence-electron chi connectivity index (χ1n) is 11.5. The molecule has 3 rings (SSSR count). The Kier molecular flexibility index (Phi) is 8.53. The zero-order valence-electron chi connectivity index (χ0n) is 19.6.